The zero-order chi connectivity index (χ0) is 11.7. The maximum absolute atomic E-state index is 9.26. The van der Waals surface area contributed by atoms with Gasteiger partial charge in [-0.2, -0.15) is 0 Å². The van der Waals surface area contributed by atoms with Gasteiger partial charge in [-0.1, -0.05) is 17.7 Å². The number of rotatable bonds is 2. The molecule has 1 heterocycles. The van der Waals surface area contributed by atoms with Crippen molar-refractivity contribution < 1.29 is 10.0 Å². The highest BCUT2D eigenvalue weighted by Gasteiger charge is 2.19. The second-order valence-corrected chi connectivity index (χ2v) is 3.90. The summed E-state index contributed by atoms with van der Waals surface area (Å²) in [4.78, 5) is 4.15. The fourth-order valence-corrected chi connectivity index (χ4v) is 1.74. The normalized spacial score (nSPS) is 10.5. The lowest BCUT2D eigenvalue weighted by Gasteiger charge is -2.09. The third-order valence-corrected chi connectivity index (χ3v) is 2.59. The summed E-state index contributed by atoms with van der Waals surface area (Å²) < 4.78 is 1.79. The largest absolute Gasteiger partial charge is 0.489 e. The van der Waals surface area contributed by atoms with Crippen LogP contribution in [0.2, 0.25) is 5.02 Å². The minimum absolute atomic E-state index is 0.388. The molecule has 1 aromatic heterocycles. The van der Waals surface area contributed by atoms with E-state index in [1.165, 1.54) is 0 Å². The Labute approximate surface area is 98.3 Å². The Bertz CT molecular complexity index is 513. The third-order valence-electron chi connectivity index (χ3n) is 2.36. The Kier molecular flexibility index (Phi) is 3.00. The molecule has 0 saturated carbocycles. The van der Waals surface area contributed by atoms with Crippen molar-refractivity contribution in [3.8, 4) is 11.4 Å². The molecule has 0 atom stereocenters. The van der Waals surface area contributed by atoms with E-state index in [4.69, 9.17) is 11.6 Å². The molecule has 2 aromatic rings. The molecule has 0 fully saturated rings. The molecule has 2 rings (SSSR count). The number of aromatic nitrogens is 2. The predicted octanol–water partition coefficient (Wildman–Crippen LogP) is 0.420. The summed E-state index contributed by atoms with van der Waals surface area (Å²) >= 11 is 5.89. The van der Waals surface area contributed by atoms with E-state index in [1.54, 1.807) is 35.2 Å². The average Bonchev–Trinajstić information content (AvgIpc) is 2.63. The molecule has 2 N–H and O–H groups in total. The van der Waals surface area contributed by atoms with E-state index in [9.17, 15) is 10.0 Å². The van der Waals surface area contributed by atoms with Gasteiger partial charge in [0.15, 0.2) is 0 Å². The van der Waals surface area contributed by atoms with E-state index in [2.05, 4.69) is 4.98 Å². The zero-order valence-corrected chi connectivity index (χ0v) is 9.39. The van der Waals surface area contributed by atoms with Crippen LogP contribution in [0, 0.1) is 0 Å². The molecular weight excluding hydrogens is 226 g/mol. The molecule has 82 valence electrons. The molecule has 0 spiro atoms. The molecule has 4 nitrogen and oxygen atoms in total. The lowest BCUT2D eigenvalue weighted by molar-refractivity contribution is 0.426. The van der Waals surface area contributed by atoms with Gasteiger partial charge in [-0.05, 0) is 17.6 Å². The van der Waals surface area contributed by atoms with Crippen molar-refractivity contribution in [2.24, 2.45) is 7.05 Å². The van der Waals surface area contributed by atoms with Crippen LogP contribution in [0.1, 0.15) is 0 Å². The molecule has 0 unspecified atom stereocenters. The molecule has 0 aliphatic rings. The van der Waals surface area contributed by atoms with Gasteiger partial charge >= 0.3 is 7.12 Å². The van der Waals surface area contributed by atoms with Crippen molar-refractivity contribution in [3.05, 3.63) is 35.6 Å². The first-order chi connectivity index (χ1) is 7.59. The molecule has 0 radical (unpaired) electrons. The smallest absolute Gasteiger partial charge is 0.423 e. The summed E-state index contributed by atoms with van der Waals surface area (Å²) in [6.45, 7) is 0. The van der Waals surface area contributed by atoms with Gasteiger partial charge in [0.2, 0.25) is 0 Å². The molecule has 6 heteroatoms. The first-order valence-electron chi connectivity index (χ1n) is 4.73. The quantitative estimate of drug-likeness (QED) is 0.743. The molecule has 16 heavy (non-hydrogen) atoms. The third kappa shape index (κ3) is 1.97. The molecule has 0 amide bonds. The summed E-state index contributed by atoms with van der Waals surface area (Å²) in [5.74, 6) is 0.644. The second-order valence-electron chi connectivity index (χ2n) is 3.47. The monoisotopic (exact) mass is 236 g/mol. The minimum atomic E-state index is -1.54. The summed E-state index contributed by atoms with van der Waals surface area (Å²) in [7, 11) is 0.292. The van der Waals surface area contributed by atoms with Crippen LogP contribution >= 0.6 is 11.6 Å². The van der Waals surface area contributed by atoms with E-state index in [0.717, 1.165) is 0 Å². The topological polar surface area (TPSA) is 58.3 Å². The lowest BCUT2D eigenvalue weighted by atomic mass is 9.77. The Balaban J connectivity index is 2.63. The first kappa shape index (κ1) is 11.2. The van der Waals surface area contributed by atoms with Crippen molar-refractivity contribution in [2.75, 3.05) is 0 Å². The molecule has 0 aliphatic heterocycles. The van der Waals surface area contributed by atoms with Crippen LogP contribution in [-0.4, -0.2) is 26.7 Å². The summed E-state index contributed by atoms with van der Waals surface area (Å²) in [5, 5.41) is 19.1. The number of hydrogen-bond acceptors (Lipinski definition) is 3. The van der Waals surface area contributed by atoms with Gasteiger partial charge < -0.3 is 14.6 Å². The van der Waals surface area contributed by atoms with Gasteiger partial charge in [0.05, 0.1) is 0 Å². The van der Waals surface area contributed by atoms with E-state index >= 15 is 0 Å². The van der Waals surface area contributed by atoms with Crippen LogP contribution in [0.15, 0.2) is 30.6 Å². The number of imidazole rings is 1. The van der Waals surface area contributed by atoms with Crippen LogP contribution in [-0.2, 0) is 7.05 Å². The Hall–Kier alpha value is -1.30. The predicted molar refractivity (Wildman–Crippen MR) is 63.5 cm³/mol. The van der Waals surface area contributed by atoms with Crippen LogP contribution in [0.4, 0.5) is 0 Å². The van der Waals surface area contributed by atoms with Gasteiger partial charge in [-0.3, -0.25) is 0 Å². The summed E-state index contributed by atoms with van der Waals surface area (Å²) in [6.07, 6.45) is 3.42. The molecular formula is C10H10BClN2O2. The van der Waals surface area contributed by atoms with E-state index in [1.807, 2.05) is 7.05 Å². The Morgan fingerprint density at radius 3 is 2.69 bits per heavy atom. The fraction of sp³-hybridized carbons (Fsp3) is 0.100. The van der Waals surface area contributed by atoms with Gasteiger partial charge in [0, 0.05) is 30.0 Å². The van der Waals surface area contributed by atoms with Crippen LogP contribution < -0.4 is 5.46 Å². The van der Waals surface area contributed by atoms with Crippen molar-refractivity contribution in [2.45, 2.75) is 0 Å². The number of halogens is 1. The summed E-state index contributed by atoms with van der Waals surface area (Å²) in [6, 6.07) is 4.86. The van der Waals surface area contributed by atoms with Crippen molar-refractivity contribution in [3.63, 3.8) is 0 Å². The molecule has 0 saturated heterocycles. The van der Waals surface area contributed by atoms with Gasteiger partial charge in [-0.25, -0.2) is 4.98 Å². The van der Waals surface area contributed by atoms with Gasteiger partial charge in [0.1, 0.15) is 5.82 Å². The fourth-order valence-electron chi connectivity index (χ4n) is 1.57. The SMILES string of the molecule is Cn1ccnc1-c1cc(Cl)ccc1B(O)O. The molecule has 0 bridgehead atoms. The minimum Gasteiger partial charge on any atom is -0.423 e. The van der Waals surface area contributed by atoms with E-state index < -0.39 is 7.12 Å². The van der Waals surface area contributed by atoms with Gasteiger partial charge in [-0.15, -0.1) is 0 Å². The number of nitrogens with zero attached hydrogens (tertiary/aromatic N) is 2. The van der Waals surface area contributed by atoms with Crippen LogP contribution in [0.3, 0.4) is 0 Å². The van der Waals surface area contributed by atoms with Crippen molar-refractivity contribution >= 4 is 24.2 Å². The molecule has 0 aliphatic carbocycles. The standard InChI is InChI=1S/C10H10BClN2O2/c1-14-5-4-13-10(14)8-6-7(12)2-3-9(8)11(15)16/h2-6,15-16H,1H3. The Morgan fingerprint density at radius 1 is 1.38 bits per heavy atom. The highest BCUT2D eigenvalue weighted by molar-refractivity contribution is 6.60. The maximum atomic E-state index is 9.26. The Morgan fingerprint density at radius 2 is 2.12 bits per heavy atom. The van der Waals surface area contributed by atoms with Crippen LogP contribution in [0.25, 0.3) is 11.4 Å². The van der Waals surface area contributed by atoms with E-state index in [0.29, 0.717) is 21.9 Å². The maximum Gasteiger partial charge on any atom is 0.489 e. The van der Waals surface area contributed by atoms with Crippen molar-refractivity contribution in [1.82, 2.24) is 9.55 Å². The van der Waals surface area contributed by atoms with E-state index in [-0.39, 0.29) is 0 Å². The summed E-state index contributed by atoms with van der Waals surface area (Å²) in [5.41, 5.74) is 1.01. The van der Waals surface area contributed by atoms with Crippen molar-refractivity contribution in [1.29, 1.82) is 0 Å². The highest BCUT2D eigenvalue weighted by Crippen LogP contribution is 2.19. The van der Waals surface area contributed by atoms with Gasteiger partial charge in [0.25, 0.3) is 0 Å². The zero-order valence-electron chi connectivity index (χ0n) is 8.63. The second kappa shape index (κ2) is 4.29. The molecule has 1 aromatic carbocycles. The van der Waals surface area contributed by atoms with Crippen LogP contribution in [0.5, 0.6) is 0 Å². The number of hydrogen-bond donors (Lipinski definition) is 2. The average molecular weight is 236 g/mol. The lowest BCUT2D eigenvalue weighted by Crippen LogP contribution is -2.32. The number of benzene rings is 1. The number of aryl methyl sites for hydroxylation is 1. The highest BCUT2D eigenvalue weighted by atomic mass is 35.5. The first-order valence-corrected chi connectivity index (χ1v) is 5.10.